The first-order chi connectivity index (χ1) is 29.2. The molecule has 60 heavy (non-hydrogen) atoms. The van der Waals surface area contributed by atoms with Crippen molar-refractivity contribution in [1.82, 2.24) is 15.0 Å². The maximum atomic E-state index is 13.8. The lowest BCUT2D eigenvalue weighted by atomic mass is 9.97. The summed E-state index contributed by atoms with van der Waals surface area (Å²) in [5, 5.41) is 12.6. The van der Waals surface area contributed by atoms with Crippen LogP contribution in [-0.4, -0.2) is 42.3 Å². The predicted molar refractivity (Wildman–Crippen MR) is 238 cm³/mol. The van der Waals surface area contributed by atoms with E-state index in [0.29, 0.717) is 12.2 Å². The molecular weight excluding hydrogens is 811 g/mol. The van der Waals surface area contributed by atoms with Crippen molar-refractivity contribution in [2.75, 3.05) is 5.75 Å². The largest absolute Gasteiger partial charge is 0.392 e. The first-order valence-electron chi connectivity index (χ1n) is 19.8. The molecule has 8 rings (SSSR count). The number of carbonyl (C=O) groups is 1. The van der Waals surface area contributed by atoms with Crippen LogP contribution in [0.25, 0.3) is 21.3 Å². The lowest BCUT2D eigenvalue weighted by Gasteiger charge is -2.36. The van der Waals surface area contributed by atoms with Gasteiger partial charge in [-0.15, -0.1) is 11.3 Å². The molecule has 6 aromatic carbocycles. The number of aromatic nitrogens is 1. The Hall–Kier alpha value is -5.18. The number of thiazole rings is 1. The van der Waals surface area contributed by atoms with Gasteiger partial charge in [-0.2, -0.15) is 4.72 Å². The van der Waals surface area contributed by atoms with Crippen molar-refractivity contribution < 1.29 is 27.8 Å². The number of carbonyl (C=O) groups excluding carboxylic acids is 1. The lowest BCUT2D eigenvalue weighted by molar-refractivity contribution is -0.245. The molecule has 0 spiro atoms. The van der Waals surface area contributed by atoms with E-state index in [-0.39, 0.29) is 36.7 Å². The molecule has 1 fully saturated rings. The fourth-order valence-electron chi connectivity index (χ4n) is 7.19. The van der Waals surface area contributed by atoms with Crippen molar-refractivity contribution in [3.05, 3.63) is 185 Å². The Kier molecular flexibility index (Phi) is 13.2. The maximum Gasteiger partial charge on any atom is 0.241 e. The number of aryl methyl sites for hydroxylation is 1. The molecule has 0 unspecified atom stereocenters. The average molecular weight is 856 g/mol. The minimum atomic E-state index is -3.98. The average Bonchev–Trinajstić information content (AvgIpc) is 3.71. The third-order valence-corrected chi connectivity index (χ3v) is 14.3. The Balaban J connectivity index is 0.978. The molecule has 7 aromatic rings. The van der Waals surface area contributed by atoms with Gasteiger partial charge in [0, 0.05) is 24.3 Å². The quantitative estimate of drug-likeness (QED) is 0.0872. The van der Waals surface area contributed by atoms with Crippen LogP contribution in [0.2, 0.25) is 0 Å². The molecule has 0 saturated carbocycles. The van der Waals surface area contributed by atoms with E-state index in [1.54, 1.807) is 47.4 Å². The Morgan fingerprint density at radius 2 is 1.52 bits per heavy atom. The summed E-state index contributed by atoms with van der Waals surface area (Å²) in [6, 6.07) is 46.8. The molecule has 1 amide bonds. The molecule has 306 valence electrons. The topological polar surface area (TPSA) is 127 Å². The number of aliphatic hydroxyl groups is 1. The maximum absolute atomic E-state index is 13.8. The fraction of sp³-hybridized carbons (Fsp3) is 0.208. The number of para-hydroxylation sites is 1. The summed E-state index contributed by atoms with van der Waals surface area (Å²) in [4.78, 5) is 18.7. The van der Waals surface area contributed by atoms with Crippen LogP contribution < -0.4 is 10.0 Å². The zero-order chi connectivity index (χ0) is 41.5. The molecule has 1 aliphatic heterocycles. The molecule has 1 saturated heterocycles. The van der Waals surface area contributed by atoms with Crippen LogP contribution in [0.1, 0.15) is 52.2 Å². The van der Waals surface area contributed by atoms with Gasteiger partial charge in [-0.05, 0) is 71.0 Å². The Morgan fingerprint density at radius 3 is 2.27 bits per heavy atom. The van der Waals surface area contributed by atoms with Crippen LogP contribution in [0.4, 0.5) is 0 Å². The van der Waals surface area contributed by atoms with Gasteiger partial charge in [-0.25, -0.2) is 13.4 Å². The smallest absolute Gasteiger partial charge is 0.241 e. The Labute approximate surface area is 358 Å². The third-order valence-electron chi connectivity index (χ3n) is 10.5. The second-order valence-electron chi connectivity index (χ2n) is 14.8. The van der Waals surface area contributed by atoms with E-state index in [2.05, 4.69) is 16.1 Å². The van der Waals surface area contributed by atoms with Gasteiger partial charge in [0.05, 0.1) is 33.9 Å². The van der Waals surface area contributed by atoms with Crippen LogP contribution in [0.5, 0.6) is 0 Å². The zero-order valence-corrected chi connectivity index (χ0v) is 35.4. The predicted octanol–water partition coefficient (Wildman–Crippen LogP) is 9.31. The van der Waals surface area contributed by atoms with E-state index in [1.807, 2.05) is 128 Å². The summed E-state index contributed by atoms with van der Waals surface area (Å²) in [7, 11) is -3.98. The highest BCUT2D eigenvalue weighted by Gasteiger charge is 2.33. The number of benzene rings is 6. The van der Waals surface area contributed by atoms with Crippen LogP contribution in [-0.2, 0) is 43.9 Å². The number of nitrogens with one attached hydrogen (secondary N) is 2. The van der Waals surface area contributed by atoms with Crippen LogP contribution in [0.3, 0.4) is 0 Å². The first-order valence-corrected chi connectivity index (χ1v) is 23.1. The molecule has 3 N–H and O–H groups in total. The highest BCUT2D eigenvalue weighted by atomic mass is 32.2. The minimum Gasteiger partial charge on any atom is -0.392 e. The lowest BCUT2D eigenvalue weighted by Crippen LogP contribution is -2.47. The number of thioether (sulfide) groups is 1. The number of hydrogen-bond acceptors (Lipinski definition) is 9. The number of amides is 1. The summed E-state index contributed by atoms with van der Waals surface area (Å²) in [5.41, 5.74) is 8.26. The second-order valence-corrected chi connectivity index (χ2v) is 18.8. The molecule has 0 aliphatic carbocycles. The van der Waals surface area contributed by atoms with Gasteiger partial charge in [-0.3, -0.25) is 4.79 Å². The Morgan fingerprint density at radius 1 is 0.817 bits per heavy atom. The summed E-state index contributed by atoms with van der Waals surface area (Å²) < 4.78 is 45.0. The van der Waals surface area contributed by atoms with Gasteiger partial charge in [-0.1, -0.05) is 145 Å². The summed E-state index contributed by atoms with van der Waals surface area (Å²) in [5.74, 6) is 0.282. The first kappa shape index (κ1) is 41.5. The SMILES string of the molecule is Cc1ccc(S(=O)(=O)N[C@H](Cc2ccccc2)C(=O)NCc2ccccc2-c2ccc([C@@H]3O[C@H](CSc4nc5ccccc5s4)C[C@H](c4ccc(CO)cc4)O3)cc2)cc1. The number of hydrogen-bond donors (Lipinski definition) is 3. The van der Waals surface area contributed by atoms with E-state index in [0.717, 1.165) is 59.1 Å². The van der Waals surface area contributed by atoms with Crippen molar-refractivity contribution in [1.29, 1.82) is 0 Å². The molecule has 0 bridgehead atoms. The highest BCUT2D eigenvalue weighted by Crippen LogP contribution is 2.41. The van der Waals surface area contributed by atoms with Gasteiger partial charge < -0.3 is 19.9 Å². The number of sulfonamides is 1. The van der Waals surface area contributed by atoms with Gasteiger partial charge in [0.2, 0.25) is 15.9 Å². The van der Waals surface area contributed by atoms with Crippen molar-refractivity contribution in [2.24, 2.45) is 0 Å². The molecule has 2 heterocycles. The van der Waals surface area contributed by atoms with Crippen LogP contribution in [0.15, 0.2) is 161 Å². The number of rotatable bonds is 15. The fourth-order valence-corrected chi connectivity index (χ4v) is 10.5. The van der Waals surface area contributed by atoms with E-state index in [1.165, 1.54) is 0 Å². The van der Waals surface area contributed by atoms with Crippen molar-refractivity contribution >= 4 is 49.2 Å². The van der Waals surface area contributed by atoms with Gasteiger partial charge >= 0.3 is 0 Å². The van der Waals surface area contributed by atoms with E-state index < -0.39 is 28.3 Å². The van der Waals surface area contributed by atoms with Crippen LogP contribution >= 0.6 is 23.1 Å². The summed E-state index contributed by atoms with van der Waals surface area (Å²) >= 11 is 3.38. The number of ether oxygens (including phenoxy) is 2. The van der Waals surface area contributed by atoms with Gasteiger partial charge in [0.25, 0.3) is 0 Å². The molecule has 4 atom stereocenters. The second kappa shape index (κ2) is 19.0. The summed E-state index contributed by atoms with van der Waals surface area (Å²) in [6.07, 6.45) is -0.0874. The van der Waals surface area contributed by atoms with Crippen molar-refractivity contribution in [2.45, 2.75) is 66.7 Å². The molecule has 9 nitrogen and oxygen atoms in total. The normalized spacial score (nSPS) is 17.3. The molecule has 12 heteroatoms. The van der Waals surface area contributed by atoms with Crippen LogP contribution in [0, 0.1) is 6.92 Å². The van der Waals surface area contributed by atoms with Gasteiger partial charge in [0.15, 0.2) is 10.6 Å². The number of aliphatic hydroxyl groups excluding tert-OH is 1. The van der Waals surface area contributed by atoms with Crippen molar-refractivity contribution in [3.8, 4) is 11.1 Å². The minimum absolute atomic E-state index is 0.0222. The highest BCUT2D eigenvalue weighted by molar-refractivity contribution is 8.01. The van der Waals surface area contributed by atoms with E-state index in [4.69, 9.17) is 14.5 Å². The molecule has 1 aliphatic rings. The van der Waals surface area contributed by atoms with E-state index >= 15 is 0 Å². The molecular formula is C48H45N3O6S3. The van der Waals surface area contributed by atoms with Crippen molar-refractivity contribution in [3.63, 3.8) is 0 Å². The number of fused-ring (bicyclic) bond motifs is 1. The third kappa shape index (κ3) is 10.2. The number of nitrogens with zero attached hydrogens (tertiary/aromatic N) is 1. The zero-order valence-electron chi connectivity index (χ0n) is 32.9. The molecule has 0 radical (unpaired) electrons. The monoisotopic (exact) mass is 855 g/mol. The summed E-state index contributed by atoms with van der Waals surface area (Å²) in [6.45, 7) is 2.06. The Bertz CT molecular complexity index is 2600. The van der Waals surface area contributed by atoms with Gasteiger partial charge in [0.1, 0.15) is 6.04 Å². The van der Waals surface area contributed by atoms with E-state index in [9.17, 15) is 18.3 Å². The molecule has 1 aromatic heterocycles. The standard InChI is InChI=1S/C48H45N3O6S3/c1-32-15-25-40(26-16-32)60(54,55)51-43(27-33-9-3-2-4-10-33)46(53)49-29-38-11-5-6-12-41(38)35-21-23-37(24-22-35)47-56-39(28-44(57-47)36-19-17-34(30-52)18-20-36)31-58-48-50-42-13-7-8-14-45(42)59-48/h2-26,39,43-44,47,51-52H,27-31H2,1H3,(H,49,53)/t39-,43+,44+,47+/m0/s1.